The van der Waals surface area contributed by atoms with E-state index in [0.29, 0.717) is 16.6 Å². The molecule has 31 heavy (non-hydrogen) atoms. The number of H-pyrrole nitrogens is 1. The zero-order valence-electron chi connectivity index (χ0n) is 17.2. The Bertz CT molecular complexity index is 1190. The Balaban J connectivity index is 1.64. The summed E-state index contributed by atoms with van der Waals surface area (Å²) in [5, 5.41) is 15.8. The molecule has 0 aliphatic carbocycles. The molecule has 0 radical (unpaired) electrons. The average molecular weight is 447 g/mol. The van der Waals surface area contributed by atoms with Crippen LogP contribution in [0.3, 0.4) is 0 Å². The van der Waals surface area contributed by atoms with Gasteiger partial charge in [0.1, 0.15) is 17.4 Å². The molecule has 1 aliphatic heterocycles. The normalized spacial score (nSPS) is 23.4. The molecular weight excluding hydrogens is 423 g/mol. The van der Waals surface area contributed by atoms with Crippen molar-refractivity contribution >= 4 is 24.1 Å². The highest BCUT2D eigenvalue weighted by Crippen LogP contribution is 2.46. The van der Waals surface area contributed by atoms with Crippen LogP contribution in [0.5, 0.6) is 0 Å². The third-order valence-corrected chi connectivity index (χ3v) is 8.04. The van der Waals surface area contributed by atoms with Gasteiger partial charge in [-0.2, -0.15) is 0 Å². The van der Waals surface area contributed by atoms with Crippen LogP contribution < -0.4 is 10.4 Å². The molecule has 1 fully saturated rings. The topological polar surface area (TPSA) is 94.2 Å². The van der Waals surface area contributed by atoms with Crippen LogP contribution in [0.25, 0.3) is 22.2 Å². The van der Waals surface area contributed by atoms with Crippen LogP contribution in [0.15, 0.2) is 36.4 Å². The molecule has 1 amide bonds. The molecule has 4 N–H and O–H groups in total. The Morgan fingerprint density at radius 1 is 1.26 bits per heavy atom. The first-order valence-corrected chi connectivity index (χ1v) is 12.2. The van der Waals surface area contributed by atoms with Crippen LogP contribution in [-0.2, 0) is 15.8 Å². The molecule has 1 aliphatic rings. The van der Waals surface area contributed by atoms with E-state index in [-0.39, 0.29) is 24.9 Å². The largest absolute Gasteiger partial charge is 0.389 e. The van der Waals surface area contributed by atoms with E-state index in [1.54, 1.807) is 0 Å². The number of aliphatic hydroxyl groups excluding tert-OH is 1. The molecule has 3 aromatic rings. The van der Waals surface area contributed by atoms with E-state index in [2.05, 4.69) is 15.4 Å². The molecule has 4 rings (SSSR count). The van der Waals surface area contributed by atoms with E-state index >= 15 is 0 Å². The Kier molecular flexibility index (Phi) is 5.73. The SMILES string of the molecule is Cc1ccc(-c2[nH]c3c(F)cc(F)cc3c2CCC(=O)N[C@H]2[C@H](O)CNP2(C)=O)cc1. The summed E-state index contributed by atoms with van der Waals surface area (Å²) >= 11 is 0. The van der Waals surface area contributed by atoms with Crippen LogP contribution >= 0.6 is 7.29 Å². The average Bonchev–Trinajstić information content (AvgIpc) is 3.19. The predicted molar refractivity (Wildman–Crippen MR) is 116 cm³/mol. The number of benzene rings is 2. The highest BCUT2D eigenvalue weighted by molar-refractivity contribution is 7.62. The number of fused-ring (bicyclic) bond motifs is 1. The lowest BCUT2D eigenvalue weighted by Crippen LogP contribution is -2.40. The maximum absolute atomic E-state index is 14.4. The van der Waals surface area contributed by atoms with Crippen molar-refractivity contribution in [3.63, 3.8) is 0 Å². The first-order valence-electron chi connectivity index (χ1n) is 10.0. The van der Waals surface area contributed by atoms with Crippen molar-refractivity contribution in [1.29, 1.82) is 0 Å². The summed E-state index contributed by atoms with van der Waals surface area (Å²) in [5.41, 5.74) is 3.28. The van der Waals surface area contributed by atoms with Gasteiger partial charge in [0.25, 0.3) is 0 Å². The van der Waals surface area contributed by atoms with Gasteiger partial charge in [-0.05, 0) is 30.5 Å². The number of amides is 1. The Hall–Kier alpha value is -2.54. The Morgan fingerprint density at radius 3 is 2.61 bits per heavy atom. The molecule has 1 aromatic heterocycles. The fraction of sp³-hybridized carbons (Fsp3) is 0.318. The minimum atomic E-state index is -2.90. The number of hydrogen-bond donors (Lipinski definition) is 4. The summed E-state index contributed by atoms with van der Waals surface area (Å²) in [5.74, 6) is -2.64. The van der Waals surface area contributed by atoms with E-state index in [1.165, 1.54) is 12.7 Å². The number of carbonyl (C=O) groups is 1. The molecule has 0 saturated carbocycles. The lowest BCUT2D eigenvalue weighted by atomic mass is 10.00. The zero-order chi connectivity index (χ0) is 22.3. The number of hydrogen-bond acceptors (Lipinski definition) is 3. The van der Waals surface area contributed by atoms with Crippen molar-refractivity contribution in [3.05, 3.63) is 59.2 Å². The van der Waals surface area contributed by atoms with Gasteiger partial charge >= 0.3 is 0 Å². The van der Waals surface area contributed by atoms with E-state index in [9.17, 15) is 23.2 Å². The maximum Gasteiger partial charge on any atom is 0.221 e. The van der Waals surface area contributed by atoms with Gasteiger partial charge in [-0.1, -0.05) is 29.8 Å². The van der Waals surface area contributed by atoms with E-state index in [0.717, 1.165) is 17.2 Å². The summed E-state index contributed by atoms with van der Waals surface area (Å²) < 4.78 is 40.8. The second kappa shape index (κ2) is 8.19. The minimum absolute atomic E-state index is 0.00711. The lowest BCUT2D eigenvalue weighted by molar-refractivity contribution is -0.121. The third-order valence-electron chi connectivity index (χ3n) is 5.69. The van der Waals surface area contributed by atoms with Crippen LogP contribution in [0.2, 0.25) is 0 Å². The van der Waals surface area contributed by atoms with Crippen LogP contribution in [0.1, 0.15) is 17.5 Å². The standard InChI is InChI=1S/C22H24F2N3O3P/c1-12-3-5-13(6-4-12)20-15(16-9-14(23)10-17(24)21(16)27-20)7-8-19(29)26-22-18(28)11-25-31(22,2)30/h3-6,9-10,18,22,27-28H,7-8,11H2,1-2H3,(H,25,30)(H,26,29)/t18-,22-,31?/m1/s1. The van der Waals surface area contributed by atoms with Gasteiger partial charge in [0.2, 0.25) is 5.91 Å². The van der Waals surface area contributed by atoms with Gasteiger partial charge in [0.15, 0.2) is 7.29 Å². The Morgan fingerprint density at radius 2 is 1.97 bits per heavy atom. The van der Waals surface area contributed by atoms with Crippen molar-refractivity contribution in [2.75, 3.05) is 13.2 Å². The molecule has 9 heteroatoms. The molecule has 3 atom stereocenters. The van der Waals surface area contributed by atoms with Crippen molar-refractivity contribution in [2.45, 2.75) is 31.7 Å². The zero-order valence-corrected chi connectivity index (χ0v) is 18.1. The third kappa shape index (κ3) is 4.28. The number of aromatic amines is 1. The lowest BCUT2D eigenvalue weighted by Gasteiger charge is -2.20. The fourth-order valence-corrected chi connectivity index (χ4v) is 5.91. The molecule has 1 saturated heterocycles. The highest BCUT2D eigenvalue weighted by atomic mass is 31.2. The summed E-state index contributed by atoms with van der Waals surface area (Å²) in [7, 11) is -2.90. The summed E-state index contributed by atoms with van der Waals surface area (Å²) in [6.07, 6.45) is -0.714. The number of aliphatic hydroxyl groups is 1. The maximum atomic E-state index is 14.4. The van der Waals surface area contributed by atoms with Gasteiger partial charge in [0, 0.05) is 36.8 Å². The number of nitrogens with one attached hydrogen (secondary N) is 3. The van der Waals surface area contributed by atoms with Gasteiger partial charge in [-0.15, -0.1) is 0 Å². The summed E-state index contributed by atoms with van der Waals surface area (Å²) in [4.78, 5) is 15.6. The van der Waals surface area contributed by atoms with E-state index in [1.807, 2.05) is 31.2 Å². The predicted octanol–water partition coefficient (Wildman–Crippen LogP) is 3.67. The number of carbonyl (C=O) groups excluding carboxylic acids is 1. The molecule has 0 spiro atoms. The van der Waals surface area contributed by atoms with Crippen LogP contribution in [0.4, 0.5) is 8.78 Å². The van der Waals surface area contributed by atoms with E-state index in [4.69, 9.17) is 0 Å². The second-order valence-electron chi connectivity index (χ2n) is 8.09. The molecule has 2 aromatic carbocycles. The number of aryl methyl sites for hydroxylation is 2. The smallest absolute Gasteiger partial charge is 0.221 e. The molecule has 0 bridgehead atoms. The number of halogens is 2. The first kappa shape index (κ1) is 21.7. The van der Waals surface area contributed by atoms with E-state index < -0.39 is 36.7 Å². The highest BCUT2D eigenvalue weighted by Gasteiger charge is 2.41. The quantitative estimate of drug-likeness (QED) is 0.449. The molecule has 2 heterocycles. The monoisotopic (exact) mass is 447 g/mol. The van der Waals surface area contributed by atoms with Crippen molar-refractivity contribution < 1.29 is 23.2 Å². The van der Waals surface area contributed by atoms with Gasteiger partial charge in [0.05, 0.1) is 11.6 Å². The summed E-state index contributed by atoms with van der Waals surface area (Å²) in [6.45, 7) is 3.58. The van der Waals surface area contributed by atoms with Gasteiger partial charge < -0.3 is 20.0 Å². The molecule has 6 nitrogen and oxygen atoms in total. The van der Waals surface area contributed by atoms with Crippen molar-refractivity contribution in [2.24, 2.45) is 0 Å². The minimum Gasteiger partial charge on any atom is -0.389 e. The van der Waals surface area contributed by atoms with Crippen LogP contribution in [0, 0.1) is 18.6 Å². The first-order chi connectivity index (χ1) is 14.7. The molecule has 164 valence electrons. The van der Waals surface area contributed by atoms with Crippen LogP contribution in [-0.4, -0.2) is 41.1 Å². The molecule has 1 unspecified atom stereocenters. The second-order valence-corrected chi connectivity index (χ2v) is 10.9. The number of β-amino-alcohol motifs (C(OH)–C–C–N with tert-alkyl or cyclic N) is 1. The fourth-order valence-electron chi connectivity index (χ4n) is 4.01. The van der Waals surface area contributed by atoms with Crippen molar-refractivity contribution in [3.8, 4) is 11.3 Å². The Labute approximate surface area is 178 Å². The molecular formula is C22H24F2N3O3P. The summed E-state index contributed by atoms with van der Waals surface area (Å²) in [6, 6.07) is 9.67. The van der Waals surface area contributed by atoms with Gasteiger partial charge in [-0.3, -0.25) is 9.88 Å². The number of rotatable bonds is 5. The van der Waals surface area contributed by atoms with Crippen molar-refractivity contribution in [1.82, 2.24) is 15.4 Å². The van der Waals surface area contributed by atoms with Gasteiger partial charge in [-0.25, -0.2) is 8.78 Å². The number of aromatic nitrogens is 1.